The fourth-order valence-corrected chi connectivity index (χ4v) is 3.86. The van der Waals surface area contributed by atoms with Gasteiger partial charge >= 0.3 is 0 Å². The van der Waals surface area contributed by atoms with Crippen molar-refractivity contribution in [1.29, 1.82) is 0 Å². The van der Waals surface area contributed by atoms with Crippen molar-refractivity contribution in [2.24, 2.45) is 7.05 Å². The number of hydrogen-bond donors (Lipinski definition) is 2. The van der Waals surface area contributed by atoms with Gasteiger partial charge in [0.05, 0.1) is 27.6 Å². The van der Waals surface area contributed by atoms with E-state index in [1.165, 1.54) is 11.3 Å². The molecular formula is C17H17N5OS. The number of H-pyrrole nitrogens is 1. The van der Waals surface area contributed by atoms with Crippen LogP contribution in [0.1, 0.15) is 34.2 Å². The standard InChI is InChI=1S/C17H17N5OS/c1-9-11-8-14(24-17(11)22(3)21-9)16(23)18-10(2)15-19-12-6-4-5-7-13(12)20-15/h4-8,10H,1-3H3,(H,18,23)(H,19,20). The summed E-state index contributed by atoms with van der Waals surface area (Å²) in [5, 5.41) is 8.41. The number of aromatic amines is 1. The highest BCUT2D eigenvalue weighted by Gasteiger charge is 2.18. The molecule has 24 heavy (non-hydrogen) atoms. The van der Waals surface area contributed by atoms with Gasteiger partial charge in [-0.25, -0.2) is 4.98 Å². The minimum atomic E-state index is -0.200. The summed E-state index contributed by atoms with van der Waals surface area (Å²) in [4.78, 5) is 22.0. The lowest BCUT2D eigenvalue weighted by atomic mass is 10.2. The third-order valence-electron chi connectivity index (χ3n) is 4.09. The Morgan fingerprint density at radius 3 is 2.92 bits per heavy atom. The van der Waals surface area contributed by atoms with E-state index in [9.17, 15) is 4.79 Å². The number of para-hydroxylation sites is 2. The maximum atomic E-state index is 12.6. The molecule has 0 fully saturated rings. The van der Waals surface area contributed by atoms with E-state index in [4.69, 9.17) is 0 Å². The molecule has 7 heteroatoms. The average molecular weight is 339 g/mol. The van der Waals surface area contributed by atoms with E-state index in [1.807, 2.05) is 55.9 Å². The molecule has 0 aliphatic rings. The van der Waals surface area contributed by atoms with Crippen molar-refractivity contribution in [3.63, 3.8) is 0 Å². The van der Waals surface area contributed by atoms with Crippen molar-refractivity contribution >= 4 is 38.5 Å². The van der Waals surface area contributed by atoms with Crippen LogP contribution in [0.5, 0.6) is 0 Å². The molecule has 0 aliphatic heterocycles. The SMILES string of the molecule is Cc1nn(C)c2sc(C(=O)NC(C)c3nc4ccccc4[nH]3)cc12. The van der Waals surface area contributed by atoms with Crippen LogP contribution in [0.25, 0.3) is 21.3 Å². The number of thiophene rings is 1. The van der Waals surface area contributed by atoms with Gasteiger partial charge in [-0.15, -0.1) is 11.3 Å². The van der Waals surface area contributed by atoms with E-state index >= 15 is 0 Å². The third kappa shape index (κ3) is 2.37. The second kappa shape index (κ2) is 5.45. The average Bonchev–Trinajstić information content (AvgIpc) is 3.23. The maximum absolute atomic E-state index is 12.6. The second-order valence-electron chi connectivity index (χ2n) is 5.87. The summed E-state index contributed by atoms with van der Waals surface area (Å²) >= 11 is 1.45. The molecule has 3 heterocycles. The fraction of sp³-hybridized carbons (Fsp3) is 0.235. The van der Waals surface area contributed by atoms with Crippen LogP contribution < -0.4 is 5.32 Å². The van der Waals surface area contributed by atoms with E-state index in [0.717, 1.165) is 32.8 Å². The Balaban J connectivity index is 1.58. The topological polar surface area (TPSA) is 75.6 Å². The first-order chi connectivity index (χ1) is 11.5. The maximum Gasteiger partial charge on any atom is 0.262 e. The zero-order valence-corrected chi connectivity index (χ0v) is 14.4. The molecule has 1 atom stereocenters. The van der Waals surface area contributed by atoms with Crippen molar-refractivity contribution < 1.29 is 4.79 Å². The zero-order chi connectivity index (χ0) is 16.8. The predicted molar refractivity (Wildman–Crippen MR) is 95.3 cm³/mol. The Kier molecular flexibility index (Phi) is 3.38. The lowest BCUT2D eigenvalue weighted by Crippen LogP contribution is -2.26. The molecule has 6 nitrogen and oxygen atoms in total. The summed E-state index contributed by atoms with van der Waals surface area (Å²) < 4.78 is 1.81. The summed E-state index contributed by atoms with van der Waals surface area (Å²) in [5.74, 6) is 0.659. The Hall–Kier alpha value is -2.67. The van der Waals surface area contributed by atoms with Gasteiger partial charge in [-0.3, -0.25) is 9.48 Å². The molecule has 0 spiro atoms. The normalized spacial score (nSPS) is 12.8. The van der Waals surface area contributed by atoms with Crippen LogP contribution >= 0.6 is 11.3 Å². The van der Waals surface area contributed by atoms with Crippen LogP contribution in [-0.2, 0) is 7.05 Å². The molecule has 1 unspecified atom stereocenters. The van der Waals surface area contributed by atoms with Gasteiger partial charge in [0, 0.05) is 12.4 Å². The van der Waals surface area contributed by atoms with Gasteiger partial charge in [0.1, 0.15) is 10.7 Å². The van der Waals surface area contributed by atoms with Gasteiger partial charge in [-0.1, -0.05) is 12.1 Å². The molecule has 2 N–H and O–H groups in total. The second-order valence-corrected chi connectivity index (χ2v) is 6.90. The van der Waals surface area contributed by atoms with Crippen LogP contribution in [0, 0.1) is 6.92 Å². The smallest absolute Gasteiger partial charge is 0.262 e. The molecule has 4 rings (SSSR count). The molecule has 3 aromatic heterocycles. The highest BCUT2D eigenvalue weighted by molar-refractivity contribution is 7.20. The van der Waals surface area contributed by atoms with E-state index in [1.54, 1.807) is 0 Å². The predicted octanol–water partition coefficient (Wildman–Crippen LogP) is 3.31. The molecule has 1 amide bonds. The van der Waals surface area contributed by atoms with E-state index < -0.39 is 0 Å². The van der Waals surface area contributed by atoms with Gasteiger partial charge in [0.15, 0.2) is 0 Å². The monoisotopic (exact) mass is 339 g/mol. The highest BCUT2D eigenvalue weighted by atomic mass is 32.1. The first-order valence-corrected chi connectivity index (χ1v) is 8.53. The number of imidazole rings is 1. The molecule has 4 aromatic rings. The largest absolute Gasteiger partial charge is 0.342 e. The summed E-state index contributed by atoms with van der Waals surface area (Å²) in [6.45, 7) is 3.88. The minimum Gasteiger partial charge on any atom is -0.342 e. The lowest BCUT2D eigenvalue weighted by Gasteiger charge is -2.10. The molecule has 122 valence electrons. The van der Waals surface area contributed by atoms with Crippen molar-refractivity contribution in [3.8, 4) is 0 Å². The first-order valence-electron chi connectivity index (χ1n) is 7.71. The molecule has 0 bridgehead atoms. The zero-order valence-electron chi connectivity index (χ0n) is 13.6. The van der Waals surface area contributed by atoms with Crippen LogP contribution in [-0.4, -0.2) is 25.7 Å². The van der Waals surface area contributed by atoms with E-state index in [-0.39, 0.29) is 11.9 Å². The van der Waals surface area contributed by atoms with Crippen LogP contribution in [0.2, 0.25) is 0 Å². The Labute approximate surface area is 142 Å². The summed E-state index contributed by atoms with van der Waals surface area (Å²) in [6, 6.07) is 9.54. The summed E-state index contributed by atoms with van der Waals surface area (Å²) in [6.07, 6.45) is 0. The first kappa shape index (κ1) is 14.9. The molecular weight excluding hydrogens is 322 g/mol. The number of aryl methyl sites for hydroxylation is 2. The van der Waals surface area contributed by atoms with Gasteiger partial charge in [0.2, 0.25) is 0 Å². The summed E-state index contributed by atoms with van der Waals surface area (Å²) in [7, 11) is 1.89. The number of benzene rings is 1. The lowest BCUT2D eigenvalue weighted by molar-refractivity contribution is 0.0942. The van der Waals surface area contributed by atoms with Gasteiger partial charge in [-0.05, 0) is 32.0 Å². The molecule has 0 saturated heterocycles. The minimum absolute atomic E-state index is 0.0939. The molecule has 0 radical (unpaired) electrons. The molecule has 1 aromatic carbocycles. The number of carbonyl (C=O) groups excluding carboxylic acids is 1. The Morgan fingerprint density at radius 2 is 2.17 bits per heavy atom. The van der Waals surface area contributed by atoms with Crippen molar-refractivity contribution in [3.05, 3.63) is 46.7 Å². The molecule has 0 saturated carbocycles. The third-order valence-corrected chi connectivity index (χ3v) is 5.29. The number of nitrogens with zero attached hydrogens (tertiary/aromatic N) is 3. The Bertz CT molecular complexity index is 990. The van der Waals surface area contributed by atoms with E-state index in [0.29, 0.717) is 4.88 Å². The van der Waals surface area contributed by atoms with Gasteiger partial charge in [-0.2, -0.15) is 5.10 Å². The van der Waals surface area contributed by atoms with Crippen molar-refractivity contribution in [1.82, 2.24) is 25.1 Å². The number of aromatic nitrogens is 4. The quantitative estimate of drug-likeness (QED) is 0.601. The van der Waals surface area contributed by atoms with Crippen molar-refractivity contribution in [2.75, 3.05) is 0 Å². The van der Waals surface area contributed by atoms with Crippen LogP contribution in [0.3, 0.4) is 0 Å². The van der Waals surface area contributed by atoms with Gasteiger partial charge < -0.3 is 10.3 Å². The fourth-order valence-electron chi connectivity index (χ4n) is 2.83. The number of hydrogen-bond acceptors (Lipinski definition) is 4. The molecule has 0 aliphatic carbocycles. The van der Waals surface area contributed by atoms with Gasteiger partial charge in [0.25, 0.3) is 5.91 Å². The van der Waals surface area contributed by atoms with Crippen molar-refractivity contribution in [2.45, 2.75) is 19.9 Å². The summed E-state index contributed by atoms with van der Waals surface area (Å²) in [5.41, 5.74) is 2.81. The number of fused-ring (bicyclic) bond motifs is 2. The number of rotatable bonds is 3. The van der Waals surface area contributed by atoms with Crippen LogP contribution in [0.15, 0.2) is 30.3 Å². The number of amides is 1. The number of nitrogens with one attached hydrogen (secondary N) is 2. The Morgan fingerprint density at radius 1 is 1.38 bits per heavy atom. The highest BCUT2D eigenvalue weighted by Crippen LogP contribution is 2.28. The number of carbonyl (C=O) groups is 1. The van der Waals surface area contributed by atoms with Crippen LogP contribution in [0.4, 0.5) is 0 Å². The van der Waals surface area contributed by atoms with E-state index in [2.05, 4.69) is 20.4 Å².